The van der Waals surface area contributed by atoms with Crippen LogP contribution in [0, 0.1) is 5.92 Å². The predicted octanol–water partition coefficient (Wildman–Crippen LogP) is 1.60. The third-order valence-electron chi connectivity index (χ3n) is 6.58. The average molecular weight is 552 g/mol. The third kappa shape index (κ3) is 7.43. The number of aromatic nitrogens is 3. The standard InChI is InChI=1S/C25H37N5O7S/c1-18-13-26-19(2)16-37-25(31)6-4-9-30-14-20(27-28-30)17-36-24(18)15-29(3)38(32,33)21-7-8-22-23(12-21)35-11-5-10-34-22/h7-8,12,14,18-19,24,26H,4-6,9-11,13,15-17H2,1-3H3/t18-,19-,24-/m1/s1. The van der Waals surface area contributed by atoms with Crippen molar-refractivity contribution in [2.24, 2.45) is 5.92 Å². The van der Waals surface area contributed by atoms with Crippen LogP contribution < -0.4 is 14.8 Å². The molecule has 0 unspecified atom stereocenters. The molecule has 0 spiro atoms. The summed E-state index contributed by atoms with van der Waals surface area (Å²) in [6.45, 7) is 6.55. The highest BCUT2D eigenvalue weighted by Crippen LogP contribution is 2.33. The lowest BCUT2D eigenvalue weighted by atomic mass is 10.0. The number of sulfonamides is 1. The van der Waals surface area contributed by atoms with Gasteiger partial charge < -0.3 is 24.3 Å². The summed E-state index contributed by atoms with van der Waals surface area (Å²) in [4.78, 5) is 12.2. The van der Waals surface area contributed by atoms with E-state index in [0.717, 1.165) is 6.42 Å². The maximum absolute atomic E-state index is 13.5. The third-order valence-corrected chi connectivity index (χ3v) is 8.40. The van der Waals surface area contributed by atoms with Gasteiger partial charge in [-0.05, 0) is 31.4 Å². The van der Waals surface area contributed by atoms with Crippen molar-refractivity contribution in [2.45, 2.75) is 63.3 Å². The molecule has 0 fully saturated rings. The van der Waals surface area contributed by atoms with E-state index < -0.39 is 16.1 Å². The second-order valence-electron chi connectivity index (χ2n) is 9.84. The molecular formula is C25H37N5O7S. The molecule has 210 valence electrons. The Bertz CT molecular complexity index is 1190. The van der Waals surface area contributed by atoms with Crippen molar-refractivity contribution in [3.8, 4) is 11.5 Å². The predicted molar refractivity (Wildman–Crippen MR) is 137 cm³/mol. The number of likely N-dealkylation sites (N-methyl/N-ethyl adjacent to an activating group) is 1. The van der Waals surface area contributed by atoms with Gasteiger partial charge in [-0.3, -0.25) is 9.48 Å². The average Bonchev–Trinajstić information content (AvgIpc) is 3.21. The van der Waals surface area contributed by atoms with Gasteiger partial charge in [0.25, 0.3) is 0 Å². The van der Waals surface area contributed by atoms with Crippen molar-refractivity contribution in [1.29, 1.82) is 0 Å². The number of esters is 1. The van der Waals surface area contributed by atoms with Crippen LogP contribution in [0.25, 0.3) is 0 Å². The van der Waals surface area contributed by atoms with Crippen molar-refractivity contribution in [3.63, 3.8) is 0 Å². The lowest BCUT2D eigenvalue weighted by Gasteiger charge is -2.29. The van der Waals surface area contributed by atoms with Crippen LogP contribution in [0.15, 0.2) is 29.3 Å². The van der Waals surface area contributed by atoms with Gasteiger partial charge in [0.15, 0.2) is 11.5 Å². The zero-order valence-corrected chi connectivity index (χ0v) is 23.0. The first-order valence-electron chi connectivity index (χ1n) is 13.0. The Morgan fingerprint density at radius 1 is 1.13 bits per heavy atom. The number of nitrogens with zero attached hydrogens (tertiary/aromatic N) is 4. The Morgan fingerprint density at radius 2 is 1.92 bits per heavy atom. The Labute approximate surface area is 223 Å². The molecule has 1 aromatic carbocycles. The molecule has 0 saturated heterocycles. The van der Waals surface area contributed by atoms with E-state index in [1.165, 1.54) is 16.4 Å². The van der Waals surface area contributed by atoms with Crippen LogP contribution in [0.3, 0.4) is 0 Å². The van der Waals surface area contributed by atoms with Gasteiger partial charge in [0.2, 0.25) is 10.0 Å². The number of ether oxygens (including phenoxy) is 4. The largest absolute Gasteiger partial charge is 0.490 e. The molecule has 2 aromatic rings. The molecule has 0 amide bonds. The lowest BCUT2D eigenvalue weighted by Crippen LogP contribution is -2.43. The van der Waals surface area contributed by atoms with Gasteiger partial charge in [0.1, 0.15) is 12.3 Å². The number of nitrogens with one attached hydrogen (secondary N) is 1. The number of hydrogen-bond acceptors (Lipinski definition) is 10. The van der Waals surface area contributed by atoms with E-state index in [2.05, 4.69) is 15.6 Å². The number of cyclic esters (lactones) is 1. The first-order valence-corrected chi connectivity index (χ1v) is 14.4. The van der Waals surface area contributed by atoms with Gasteiger partial charge in [-0.15, -0.1) is 5.10 Å². The summed E-state index contributed by atoms with van der Waals surface area (Å²) in [5, 5.41) is 11.6. The Kier molecular flexibility index (Phi) is 9.58. The van der Waals surface area contributed by atoms with Crippen molar-refractivity contribution in [3.05, 3.63) is 30.1 Å². The van der Waals surface area contributed by atoms with Gasteiger partial charge in [-0.1, -0.05) is 12.1 Å². The van der Waals surface area contributed by atoms with Crippen LogP contribution in [0.1, 0.15) is 38.8 Å². The van der Waals surface area contributed by atoms with Crippen LogP contribution >= 0.6 is 0 Å². The zero-order valence-electron chi connectivity index (χ0n) is 22.2. The summed E-state index contributed by atoms with van der Waals surface area (Å²) in [5.74, 6) is 0.644. The van der Waals surface area contributed by atoms with E-state index in [4.69, 9.17) is 18.9 Å². The number of benzene rings is 1. The number of rotatable bonds is 4. The van der Waals surface area contributed by atoms with E-state index >= 15 is 0 Å². The highest BCUT2D eigenvalue weighted by atomic mass is 32.2. The Hall–Kier alpha value is -2.74. The smallest absolute Gasteiger partial charge is 0.305 e. The lowest BCUT2D eigenvalue weighted by molar-refractivity contribution is -0.144. The first-order chi connectivity index (χ1) is 18.2. The SMILES string of the molecule is C[C@@H]1COC(=O)CCCn2cc(nn2)CO[C@H](CN(C)S(=O)(=O)c2ccc3c(c2)OCCCO3)[C@H](C)CN1. The molecule has 4 rings (SSSR count). The fourth-order valence-corrected chi connectivity index (χ4v) is 5.39. The van der Waals surface area contributed by atoms with Gasteiger partial charge in [0, 0.05) is 51.6 Å². The molecular weight excluding hydrogens is 514 g/mol. The highest BCUT2D eigenvalue weighted by Gasteiger charge is 2.29. The highest BCUT2D eigenvalue weighted by molar-refractivity contribution is 7.89. The van der Waals surface area contributed by atoms with Crippen LogP contribution in [0.5, 0.6) is 11.5 Å². The molecule has 3 atom stereocenters. The van der Waals surface area contributed by atoms with Gasteiger partial charge >= 0.3 is 5.97 Å². The van der Waals surface area contributed by atoms with Gasteiger partial charge in [-0.2, -0.15) is 4.31 Å². The van der Waals surface area contributed by atoms with E-state index in [0.29, 0.717) is 56.3 Å². The first kappa shape index (κ1) is 28.3. The molecule has 13 heteroatoms. The number of hydrogen-bond donors (Lipinski definition) is 1. The van der Waals surface area contributed by atoms with E-state index in [1.807, 2.05) is 13.8 Å². The van der Waals surface area contributed by atoms with Crippen molar-refractivity contribution in [1.82, 2.24) is 24.6 Å². The number of fused-ring (bicyclic) bond motifs is 3. The minimum atomic E-state index is -3.83. The van der Waals surface area contributed by atoms with E-state index in [-0.39, 0.29) is 42.6 Å². The summed E-state index contributed by atoms with van der Waals surface area (Å²) in [6, 6.07) is 4.61. The summed E-state index contributed by atoms with van der Waals surface area (Å²) in [5.41, 5.74) is 0.631. The van der Waals surface area contributed by atoms with Crippen LogP contribution in [-0.4, -0.2) is 85.8 Å². The molecule has 2 aliphatic rings. The molecule has 2 bridgehead atoms. The van der Waals surface area contributed by atoms with E-state index in [9.17, 15) is 13.2 Å². The minimum Gasteiger partial charge on any atom is -0.490 e. The molecule has 1 N–H and O–H groups in total. The topological polar surface area (TPSA) is 134 Å². The van der Waals surface area contributed by atoms with Crippen molar-refractivity contribution < 1.29 is 32.2 Å². The second kappa shape index (κ2) is 12.9. The number of carbonyl (C=O) groups excluding carboxylic acids is 1. The molecule has 1 aromatic heterocycles. The number of carbonyl (C=O) groups is 1. The number of aryl methyl sites for hydroxylation is 1. The van der Waals surface area contributed by atoms with Crippen molar-refractivity contribution >= 4 is 16.0 Å². The normalized spacial score (nSPS) is 24.0. The monoisotopic (exact) mass is 551 g/mol. The molecule has 3 heterocycles. The summed E-state index contributed by atoms with van der Waals surface area (Å²) >= 11 is 0. The molecule has 12 nitrogen and oxygen atoms in total. The van der Waals surface area contributed by atoms with Crippen molar-refractivity contribution in [2.75, 3.05) is 40.0 Å². The Balaban J connectivity index is 1.49. The van der Waals surface area contributed by atoms with Gasteiger partial charge in [-0.25, -0.2) is 8.42 Å². The minimum absolute atomic E-state index is 0.0640. The maximum Gasteiger partial charge on any atom is 0.305 e. The van der Waals surface area contributed by atoms with Crippen LogP contribution in [0.4, 0.5) is 0 Å². The molecule has 2 aliphatic heterocycles. The second-order valence-corrected chi connectivity index (χ2v) is 11.9. The molecule has 0 saturated carbocycles. The zero-order chi connectivity index (χ0) is 27.1. The molecule has 0 aliphatic carbocycles. The fourth-order valence-electron chi connectivity index (χ4n) is 4.19. The van der Waals surface area contributed by atoms with Crippen LogP contribution in [-0.2, 0) is 37.4 Å². The van der Waals surface area contributed by atoms with Crippen LogP contribution in [0.2, 0.25) is 0 Å². The van der Waals surface area contributed by atoms with Gasteiger partial charge in [0.05, 0.1) is 37.0 Å². The quantitative estimate of drug-likeness (QED) is 0.559. The molecule has 38 heavy (non-hydrogen) atoms. The summed E-state index contributed by atoms with van der Waals surface area (Å²) in [6.07, 6.45) is 2.96. The fraction of sp³-hybridized carbons (Fsp3) is 0.640. The maximum atomic E-state index is 13.5. The Morgan fingerprint density at radius 3 is 2.74 bits per heavy atom. The van der Waals surface area contributed by atoms with E-state index in [1.54, 1.807) is 24.0 Å². The summed E-state index contributed by atoms with van der Waals surface area (Å²) < 4.78 is 52.9. The molecule has 0 radical (unpaired) electrons. The summed E-state index contributed by atoms with van der Waals surface area (Å²) in [7, 11) is -2.29.